The van der Waals surface area contributed by atoms with Crippen molar-refractivity contribution in [2.24, 2.45) is 0 Å². The highest BCUT2D eigenvalue weighted by atomic mass is 16.6. The largest absolute Gasteiger partial charge is 0.456 e. The molecule has 0 spiro atoms. The van der Waals surface area contributed by atoms with Gasteiger partial charge < -0.3 is 18.9 Å². The lowest BCUT2D eigenvalue weighted by Gasteiger charge is -2.22. The molecule has 0 bridgehead atoms. The molecule has 0 saturated heterocycles. The molecule has 7 nitrogen and oxygen atoms in total. The van der Waals surface area contributed by atoms with Gasteiger partial charge in [0.1, 0.15) is 17.2 Å². The number of benzene rings is 2. The van der Waals surface area contributed by atoms with E-state index < -0.39 is 17.9 Å². The monoisotopic (exact) mass is 356 g/mol. The van der Waals surface area contributed by atoms with E-state index in [9.17, 15) is 14.4 Å². The van der Waals surface area contributed by atoms with Crippen molar-refractivity contribution in [1.29, 1.82) is 0 Å². The summed E-state index contributed by atoms with van der Waals surface area (Å²) in [5.74, 6) is 0.102. The minimum Gasteiger partial charge on any atom is -0.456 e. The van der Waals surface area contributed by atoms with Gasteiger partial charge in [-0.15, -0.1) is 0 Å². The summed E-state index contributed by atoms with van der Waals surface area (Å²) in [6.45, 7) is 3.83. The van der Waals surface area contributed by atoms with Crippen LogP contribution in [0.25, 0.3) is 0 Å². The van der Waals surface area contributed by atoms with E-state index in [1.165, 1.54) is 26.8 Å². The first kappa shape index (κ1) is 17.5. The van der Waals surface area contributed by atoms with Gasteiger partial charge in [0.25, 0.3) is 0 Å². The van der Waals surface area contributed by atoms with E-state index in [0.29, 0.717) is 23.7 Å². The summed E-state index contributed by atoms with van der Waals surface area (Å²) >= 11 is 0. The third-order valence-electron chi connectivity index (χ3n) is 3.54. The number of hydrogen-bond donors (Lipinski definition) is 0. The van der Waals surface area contributed by atoms with Gasteiger partial charge >= 0.3 is 17.9 Å². The summed E-state index contributed by atoms with van der Waals surface area (Å²) in [5, 5.41) is 0. The maximum absolute atomic E-state index is 11.3. The molecule has 0 fully saturated rings. The second-order valence-corrected chi connectivity index (χ2v) is 5.74. The van der Waals surface area contributed by atoms with Crippen molar-refractivity contribution < 1.29 is 33.3 Å². The van der Waals surface area contributed by atoms with Crippen LogP contribution >= 0.6 is 0 Å². The van der Waals surface area contributed by atoms with Crippen molar-refractivity contribution >= 4 is 17.9 Å². The average molecular weight is 356 g/mol. The Kier molecular flexibility index (Phi) is 4.62. The second kappa shape index (κ2) is 6.87. The topological polar surface area (TPSA) is 88.1 Å². The fourth-order valence-electron chi connectivity index (χ4n) is 2.61. The van der Waals surface area contributed by atoms with Gasteiger partial charge in [-0.05, 0) is 17.7 Å². The molecule has 2 aromatic rings. The van der Waals surface area contributed by atoms with E-state index in [-0.39, 0.29) is 11.5 Å². The van der Waals surface area contributed by atoms with E-state index in [1.54, 1.807) is 24.3 Å². The van der Waals surface area contributed by atoms with Crippen molar-refractivity contribution in [2.75, 3.05) is 0 Å². The number of carbonyl (C=O) groups excluding carboxylic acids is 3. The quantitative estimate of drug-likeness (QED) is 0.526. The van der Waals surface area contributed by atoms with Crippen LogP contribution < -0.4 is 18.9 Å². The van der Waals surface area contributed by atoms with E-state index in [0.717, 1.165) is 11.1 Å². The zero-order valence-corrected chi connectivity index (χ0v) is 14.5. The molecule has 2 aromatic carbocycles. The fourth-order valence-corrected chi connectivity index (χ4v) is 2.61. The highest BCUT2D eigenvalue weighted by Gasteiger charge is 2.22. The Balaban J connectivity index is 1.97. The van der Waals surface area contributed by atoms with Gasteiger partial charge in [-0.3, -0.25) is 14.4 Å². The molecular formula is C19H16O7. The number of rotatable bonds is 3. The van der Waals surface area contributed by atoms with Crippen molar-refractivity contribution in [3.8, 4) is 28.7 Å². The minimum atomic E-state index is -0.549. The Morgan fingerprint density at radius 1 is 0.769 bits per heavy atom. The van der Waals surface area contributed by atoms with Gasteiger partial charge in [-0.25, -0.2) is 0 Å². The lowest BCUT2D eigenvalue weighted by molar-refractivity contribution is -0.134. The molecule has 0 unspecified atom stereocenters. The Hall–Kier alpha value is -3.35. The van der Waals surface area contributed by atoms with Gasteiger partial charge in [-0.1, -0.05) is 6.07 Å². The number of ether oxygens (including phenoxy) is 4. The molecule has 0 radical (unpaired) electrons. The number of fused-ring (bicyclic) bond motifs is 2. The standard InChI is InChI=1S/C19H16O7/c1-10(20)23-15-5-4-13-6-14-7-18(24-11(2)21)19(25-12(3)22)9-17(14)26-16(13)8-15/h4-5,7-9H,6H2,1-3H3. The van der Waals surface area contributed by atoms with Crippen LogP contribution in [0.2, 0.25) is 0 Å². The highest BCUT2D eigenvalue weighted by Crippen LogP contribution is 2.43. The van der Waals surface area contributed by atoms with E-state index in [4.69, 9.17) is 18.9 Å². The SMILES string of the molecule is CC(=O)Oc1ccc2c(c1)Oc1cc(OC(C)=O)c(OC(C)=O)cc1C2. The summed E-state index contributed by atoms with van der Waals surface area (Å²) in [7, 11) is 0. The van der Waals surface area contributed by atoms with Gasteiger partial charge in [0.2, 0.25) is 0 Å². The molecule has 0 N–H and O–H groups in total. The number of hydrogen-bond acceptors (Lipinski definition) is 7. The van der Waals surface area contributed by atoms with Crippen molar-refractivity contribution in [1.82, 2.24) is 0 Å². The molecule has 7 heteroatoms. The first-order valence-electron chi connectivity index (χ1n) is 7.85. The van der Waals surface area contributed by atoms with Gasteiger partial charge in [0.15, 0.2) is 11.5 Å². The van der Waals surface area contributed by atoms with Crippen molar-refractivity contribution in [3.63, 3.8) is 0 Å². The molecule has 0 aromatic heterocycles. The van der Waals surface area contributed by atoms with Crippen molar-refractivity contribution in [3.05, 3.63) is 41.5 Å². The third kappa shape index (κ3) is 3.83. The van der Waals surface area contributed by atoms with Crippen LogP contribution in [0.1, 0.15) is 31.9 Å². The predicted molar refractivity (Wildman–Crippen MR) is 89.7 cm³/mol. The highest BCUT2D eigenvalue weighted by molar-refractivity contribution is 5.75. The minimum absolute atomic E-state index is 0.0889. The summed E-state index contributed by atoms with van der Waals surface area (Å²) in [6, 6.07) is 8.19. The van der Waals surface area contributed by atoms with Crippen LogP contribution in [0.3, 0.4) is 0 Å². The Bertz CT molecular complexity index is 914. The van der Waals surface area contributed by atoms with Gasteiger partial charge in [-0.2, -0.15) is 0 Å². The molecule has 0 aliphatic carbocycles. The Morgan fingerprint density at radius 3 is 1.96 bits per heavy atom. The molecule has 26 heavy (non-hydrogen) atoms. The Morgan fingerprint density at radius 2 is 1.35 bits per heavy atom. The lowest BCUT2D eigenvalue weighted by atomic mass is 9.99. The van der Waals surface area contributed by atoms with Crippen LogP contribution in [-0.4, -0.2) is 17.9 Å². The lowest BCUT2D eigenvalue weighted by Crippen LogP contribution is -2.10. The van der Waals surface area contributed by atoms with Crippen molar-refractivity contribution in [2.45, 2.75) is 27.2 Å². The van der Waals surface area contributed by atoms with Gasteiger partial charge in [0, 0.05) is 44.9 Å². The zero-order valence-electron chi connectivity index (χ0n) is 14.5. The first-order valence-corrected chi connectivity index (χ1v) is 7.85. The van der Waals surface area contributed by atoms with Crippen LogP contribution in [0, 0.1) is 0 Å². The van der Waals surface area contributed by atoms with Crippen LogP contribution in [0.4, 0.5) is 0 Å². The zero-order chi connectivity index (χ0) is 18.8. The number of esters is 3. The number of carbonyl (C=O) groups is 3. The van der Waals surface area contributed by atoms with Crippen LogP contribution in [0.5, 0.6) is 28.7 Å². The van der Waals surface area contributed by atoms with Crippen LogP contribution in [-0.2, 0) is 20.8 Å². The van der Waals surface area contributed by atoms with Gasteiger partial charge in [0.05, 0.1) is 0 Å². The average Bonchev–Trinajstić information content (AvgIpc) is 2.52. The molecule has 3 rings (SSSR count). The normalized spacial score (nSPS) is 11.5. The van der Waals surface area contributed by atoms with Crippen LogP contribution in [0.15, 0.2) is 30.3 Å². The summed E-state index contributed by atoms with van der Waals surface area (Å²) in [6.07, 6.45) is 0.514. The molecule has 1 aliphatic rings. The molecule has 134 valence electrons. The summed E-state index contributed by atoms with van der Waals surface area (Å²) < 4.78 is 21.2. The maximum atomic E-state index is 11.3. The summed E-state index contributed by atoms with van der Waals surface area (Å²) in [5.41, 5.74) is 1.65. The Labute approximate surface area is 149 Å². The molecule has 1 aliphatic heterocycles. The van der Waals surface area contributed by atoms with E-state index >= 15 is 0 Å². The van der Waals surface area contributed by atoms with E-state index in [1.807, 2.05) is 0 Å². The maximum Gasteiger partial charge on any atom is 0.308 e. The second-order valence-electron chi connectivity index (χ2n) is 5.74. The molecule has 1 heterocycles. The summed E-state index contributed by atoms with van der Waals surface area (Å²) in [4.78, 5) is 33.7. The fraction of sp³-hybridized carbons (Fsp3) is 0.211. The molecule has 0 atom stereocenters. The molecule has 0 amide bonds. The molecular weight excluding hydrogens is 340 g/mol. The first-order chi connectivity index (χ1) is 12.3. The third-order valence-corrected chi connectivity index (χ3v) is 3.54. The van der Waals surface area contributed by atoms with E-state index in [2.05, 4.69) is 0 Å². The smallest absolute Gasteiger partial charge is 0.308 e. The molecule has 0 saturated carbocycles. The predicted octanol–water partition coefficient (Wildman–Crippen LogP) is 3.16.